The molecule has 1 aliphatic carbocycles. The summed E-state index contributed by atoms with van der Waals surface area (Å²) < 4.78 is 1.98. The zero-order valence-electron chi connectivity index (χ0n) is 15.8. The number of carbonyl (C=O) groups excluding carboxylic acids is 1. The van der Waals surface area contributed by atoms with E-state index in [-0.39, 0.29) is 18.0 Å². The molecule has 2 heterocycles. The van der Waals surface area contributed by atoms with Crippen molar-refractivity contribution in [2.24, 2.45) is 0 Å². The van der Waals surface area contributed by atoms with Crippen molar-refractivity contribution in [3.63, 3.8) is 0 Å². The molecule has 1 unspecified atom stereocenters. The number of nitrogens with zero attached hydrogens (tertiary/aromatic N) is 4. The lowest BCUT2D eigenvalue weighted by Gasteiger charge is -2.29. The number of benzene rings is 1. The minimum Gasteiger partial charge on any atom is -0.378 e. The van der Waals surface area contributed by atoms with E-state index >= 15 is 0 Å². The Morgan fingerprint density at radius 2 is 1.90 bits per heavy atom. The Balaban J connectivity index is 1.31. The topological polar surface area (TPSA) is 92.9 Å². The van der Waals surface area contributed by atoms with Crippen LogP contribution in [0.15, 0.2) is 55.2 Å². The smallest absolute Gasteiger partial charge is 0.253 e. The van der Waals surface area contributed by atoms with E-state index < -0.39 is 6.10 Å². The number of aliphatic hydroxyl groups excluding tert-OH is 1. The summed E-state index contributed by atoms with van der Waals surface area (Å²) in [6.45, 7) is 0. The van der Waals surface area contributed by atoms with Crippen molar-refractivity contribution in [2.45, 2.75) is 43.9 Å². The van der Waals surface area contributed by atoms with Crippen LogP contribution < -0.4 is 5.32 Å². The molecule has 1 atom stereocenters. The fourth-order valence-corrected chi connectivity index (χ4v) is 3.81. The largest absolute Gasteiger partial charge is 0.378 e. The van der Waals surface area contributed by atoms with Crippen molar-refractivity contribution in [1.29, 1.82) is 0 Å². The molecule has 0 bridgehead atoms. The summed E-state index contributed by atoms with van der Waals surface area (Å²) in [5.41, 5.74) is 2.28. The number of halogens is 1. The monoisotopic (exact) mass is 411 g/mol. The van der Waals surface area contributed by atoms with Crippen molar-refractivity contribution >= 4 is 17.5 Å². The second-order valence-corrected chi connectivity index (χ2v) is 7.70. The third-order valence-corrected chi connectivity index (χ3v) is 5.56. The van der Waals surface area contributed by atoms with Gasteiger partial charge >= 0.3 is 0 Å². The lowest BCUT2D eigenvalue weighted by atomic mass is 9.91. The maximum atomic E-state index is 12.4. The van der Waals surface area contributed by atoms with E-state index in [0.29, 0.717) is 10.6 Å². The van der Waals surface area contributed by atoms with Gasteiger partial charge in [0.05, 0.1) is 24.1 Å². The highest BCUT2D eigenvalue weighted by molar-refractivity contribution is 6.30. The number of aliphatic hydroxyl groups is 1. The van der Waals surface area contributed by atoms with Crippen LogP contribution in [0.4, 0.5) is 0 Å². The first-order chi connectivity index (χ1) is 14.1. The molecule has 150 valence electrons. The molecule has 8 heteroatoms. The fraction of sp³-hybridized carbons (Fsp3) is 0.333. The SMILES string of the molecule is O=C(NC1CCC(n2cc(-c3cnccn3)cn2)CC1)C(O)c1ccc(Cl)cc1. The van der Waals surface area contributed by atoms with Crippen LogP contribution in [0.2, 0.25) is 5.02 Å². The minimum absolute atomic E-state index is 0.0516. The molecule has 0 spiro atoms. The van der Waals surface area contributed by atoms with E-state index in [0.717, 1.165) is 36.9 Å². The summed E-state index contributed by atoms with van der Waals surface area (Å²) in [5, 5.41) is 18.3. The van der Waals surface area contributed by atoms with Gasteiger partial charge in [-0.15, -0.1) is 0 Å². The summed E-state index contributed by atoms with van der Waals surface area (Å²) in [5.74, 6) is -0.375. The average molecular weight is 412 g/mol. The van der Waals surface area contributed by atoms with Gasteiger partial charge in [-0.25, -0.2) is 0 Å². The number of aromatic nitrogens is 4. The molecule has 2 aromatic heterocycles. The summed E-state index contributed by atoms with van der Waals surface area (Å²) in [6.07, 6.45) is 11.1. The Morgan fingerprint density at radius 3 is 2.59 bits per heavy atom. The van der Waals surface area contributed by atoms with Crippen LogP contribution in [-0.2, 0) is 4.79 Å². The molecule has 3 aromatic rings. The van der Waals surface area contributed by atoms with E-state index in [1.54, 1.807) is 49.1 Å². The molecule has 0 aliphatic heterocycles. The van der Waals surface area contributed by atoms with Crippen molar-refractivity contribution in [2.75, 3.05) is 0 Å². The zero-order chi connectivity index (χ0) is 20.2. The first-order valence-electron chi connectivity index (χ1n) is 9.64. The normalized spacial score (nSPS) is 20.2. The first-order valence-corrected chi connectivity index (χ1v) is 10.0. The highest BCUT2D eigenvalue weighted by atomic mass is 35.5. The fourth-order valence-electron chi connectivity index (χ4n) is 3.68. The number of amides is 1. The molecule has 1 saturated carbocycles. The maximum Gasteiger partial charge on any atom is 0.253 e. The van der Waals surface area contributed by atoms with Gasteiger partial charge in [0.2, 0.25) is 0 Å². The number of hydrogen-bond acceptors (Lipinski definition) is 5. The van der Waals surface area contributed by atoms with Crippen LogP contribution in [0.1, 0.15) is 43.4 Å². The highest BCUT2D eigenvalue weighted by Gasteiger charge is 2.26. The van der Waals surface area contributed by atoms with Gasteiger partial charge in [-0.1, -0.05) is 23.7 Å². The second kappa shape index (κ2) is 8.71. The number of carbonyl (C=O) groups is 1. The van der Waals surface area contributed by atoms with Crippen molar-refractivity contribution in [3.05, 3.63) is 65.8 Å². The Morgan fingerprint density at radius 1 is 1.14 bits per heavy atom. The molecule has 29 heavy (non-hydrogen) atoms. The Kier molecular flexibility index (Phi) is 5.87. The molecule has 2 N–H and O–H groups in total. The van der Waals surface area contributed by atoms with Gasteiger partial charge in [-0.05, 0) is 43.4 Å². The van der Waals surface area contributed by atoms with Gasteiger partial charge in [-0.3, -0.25) is 19.4 Å². The molecule has 1 fully saturated rings. The van der Waals surface area contributed by atoms with Crippen LogP contribution in [0.3, 0.4) is 0 Å². The van der Waals surface area contributed by atoms with Crippen LogP contribution in [-0.4, -0.2) is 36.8 Å². The Hall–Kier alpha value is -2.77. The molecule has 4 rings (SSSR count). The van der Waals surface area contributed by atoms with E-state index in [9.17, 15) is 9.90 Å². The number of nitrogens with one attached hydrogen (secondary N) is 1. The molecule has 0 radical (unpaired) electrons. The molecular weight excluding hydrogens is 390 g/mol. The van der Waals surface area contributed by atoms with Crippen molar-refractivity contribution in [3.8, 4) is 11.3 Å². The Bertz CT molecular complexity index is 953. The second-order valence-electron chi connectivity index (χ2n) is 7.27. The van der Waals surface area contributed by atoms with E-state index in [1.807, 2.05) is 10.9 Å². The first kappa shape index (κ1) is 19.5. The molecule has 0 saturated heterocycles. The molecule has 1 aromatic carbocycles. The minimum atomic E-state index is -1.19. The number of rotatable bonds is 5. The van der Waals surface area contributed by atoms with Gasteiger partial charge in [0.15, 0.2) is 6.10 Å². The molecular formula is C21H22ClN5O2. The Labute approximate surface area is 173 Å². The van der Waals surface area contributed by atoms with Crippen LogP contribution >= 0.6 is 11.6 Å². The van der Waals surface area contributed by atoms with Gasteiger partial charge in [0, 0.05) is 35.2 Å². The summed E-state index contributed by atoms with van der Waals surface area (Å²) >= 11 is 5.86. The van der Waals surface area contributed by atoms with Crippen LogP contribution in [0, 0.1) is 0 Å². The van der Waals surface area contributed by atoms with Gasteiger partial charge in [0.25, 0.3) is 5.91 Å². The standard InChI is InChI=1S/C21H22ClN5O2/c22-16-3-1-14(2-4-16)20(28)21(29)26-17-5-7-18(8-6-17)27-13-15(11-25-27)19-12-23-9-10-24-19/h1-4,9-13,17-18,20,28H,5-8H2,(H,26,29). The quantitative estimate of drug-likeness (QED) is 0.671. The van der Waals surface area contributed by atoms with Gasteiger partial charge < -0.3 is 10.4 Å². The third kappa shape index (κ3) is 4.63. The highest BCUT2D eigenvalue weighted by Crippen LogP contribution is 2.29. The zero-order valence-corrected chi connectivity index (χ0v) is 16.5. The van der Waals surface area contributed by atoms with Crippen molar-refractivity contribution < 1.29 is 9.90 Å². The van der Waals surface area contributed by atoms with Crippen molar-refractivity contribution in [1.82, 2.24) is 25.1 Å². The predicted octanol–water partition coefficient (Wildman–Crippen LogP) is 3.33. The van der Waals surface area contributed by atoms with Gasteiger partial charge in [-0.2, -0.15) is 5.10 Å². The molecule has 1 aliphatic rings. The van der Waals surface area contributed by atoms with Gasteiger partial charge in [0.1, 0.15) is 0 Å². The lowest BCUT2D eigenvalue weighted by molar-refractivity contribution is -0.130. The number of hydrogen-bond donors (Lipinski definition) is 2. The molecule has 1 amide bonds. The average Bonchev–Trinajstić information content (AvgIpc) is 3.25. The summed E-state index contributed by atoms with van der Waals surface area (Å²) in [6, 6.07) is 6.99. The summed E-state index contributed by atoms with van der Waals surface area (Å²) in [7, 11) is 0. The van der Waals surface area contributed by atoms with E-state index in [1.165, 1.54) is 0 Å². The van der Waals surface area contributed by atoms with Crippen LogP contribution in [0.5, 0.6) is 0 Å². The summed E-state index contributed by atoms with van der Waals surface area (Å²) in [4.78, 5) is 20.8. The van der Waals surface area contributed by atoms with E-state index in [4.69, 9.17) is 11.6 Å². The van der Waals surface area contributed by atoms with Crippen LogP contribution in [0.25, 0.3) is 11.3 Å². The lowest BCUT2D eigenvalue weighted by Crippen LogP contribution is -2.40. The predicted molar refractivity (Wildman–Crippen MR) is 109 cm³/mol. The third-order valence-electron chi connectivity index (χ3n) is 5.31. The molecule has 7 nitrogen and oxygen atoms in total. The van der Waals surface area contributed by atoms with E-state index in [2.05, 4.69) is 20.4 Å². The maximum absolute atomic E-state index is 12.4.